The molecule has 2 aliphatic heterocycles. The summed E-state index contributed by atoms with van der Waals surface area (Å²) in [6.45, 7) is 10.6. The van der Waals surface area contributed by atoms with Crippen LogP contribution in [0.4, 0.5) is 31.4 Å². The molecule has 10 amide bonds. The number of fused-ring (bicyclic) bond motifs is 7. The molecule has 8 aromatic rings. The predicted molar refractivity (Wildman–Crippen MR) is 360 cm³/mol. The number of benzene rings is 8. The van der Waals surface area contributed by atoms with E-state index < -0.39 is 23.2 Å². The van der Waals surface area contributed by atoms with Crippen molar-refractivity contribution >= 4 is 108 Å². The van der Waals surface area contributed by atoms with Gasteiger partial charge in [0.25, 0.3) is 23.6 Å². The van der Waals surface area contributed by atoms with Crippen molar-refractivity contribution in [2.75, 3.05) is 29.1 Å². The van der Waals surface area contributed by atoms with Crippen LogP contribution in [-0.4, -0.2) is 94.8 Å². The fraction of sp³-hybridized carbons (Fsp3) is 0.395. The van der Waals surface area contributed by atoms with Gasteiger partial charge in [-0.15, -0.1) is 0 Å². The van der Waals surface area contributed by atoms with Crippen LogP contribution in [0.25, 0.3) is 43.1 Å². The number of esters is 1. The van der Waals surface area contributed by atoms with Crippen LogP contribution in [0.2, 0.25) is 0 Å². The van der Waals surface area contributed by atoms with Crippen LogP contribution >= 0.6 is 0 Å². The Bertz CT molecular complexity index is 4190. The van der Waals surface area contributed by atoms with E-state index in [-0.39, 0.29) is 115 Å². The number of para-hydroxylation sites is 3. The minimum absolute atomic E-state index is 0.00670. The molecule has 93 heavy (non-hydrogen) atoms. The van der Waals surface area contributed by atoms with E-state index in [1.165, 1.54) is 4.90 Å². The van der Waals surface area contributed by atoms with Crippen LogP contribution in [0.15, 0.2) is 140 Å². The van der Waals surface area contributed by atoms with E-state index in [1.807, 2.05) is 129 Å². The average Bonchev–Trinajstić information content (AvgIpc) is 1.67. The first-order chi connectivity index (χ1) is 45.0. The van der Waals surface area contributed by atoms with Gasteiger partial charge < -0.3 is 36.6 Å². The van der Waals surface area contributed by atoms with Crippen LogP contribution in [0.1, 0.15) is 147 Å². The number of rotatable bonds is 16. The van der Waals surface area contributed by atoms with Crippen molar-refractivity contribution in [2.24, 2.45) is 46.3 Å². The highest BCUT2D eigenvalue weighted by Gasteiger charge is 2.66. The molecule has 0 aromatic heterocycles. The number of carbonyl (C=O) groups excluding carboxylic acids is 8. The summed E-state index contributed by atoms with van der Waals surface area (Å²) >= 11 is 0. The van der Waals surface area contributed by atoms with Gasteiger partial charge in [-0.1, -0.05) is 113 Å². The molecular formula is C76H80N8O9. The fourth-order valence-corrected chi connectivity index (χ4v) is 18.7. The van der Waals surface area contributed by atoms with Crippen molar-refractivity contribution in [3.8, 4) is 0 Å². The Morgan fingerprint density at radius 1 is 0.548 bits per heavy atom. The lowest BCUT2D eigenvalue weighted by molar-refractivity contribution is -0.145. The van der Waals surface area contributed by atoms with Crippen LogP contribution in [0, 0.1) is 46.3 Å². The molecule has 17 nitrogen and oxygen atoms in total. The smallest absolute Gasteiger partial charge is 0.319 e. The zero-order valence-electron chi connectivity index (χ0n) is 53.3. The lowest BCUT2D eigenvalue weighted by atomic mass is 9.42. The number of ether oxygens (including phenoxy) is 1. The lowest BCUT2D eigenvalue weighted by Gasteiger charge is -2.65. The normalized spacial score (nSPS) is 25.8. The van der Waals surface area contributed by atoms with E-state index >= 15 is 0 Å². The molecule has 2 heterocycles. The number of nitrogens with one attached hydrogen (secondary N) is 6. The molecule has 6 N–H and O–H groups in total. The summed E-state index contributed by atoms with van der Waals surface area (Å²) < 4.78 is 5.90. The van der Waals surface area contributed by atoms with Gasteiger partial charge in [-0.3, -0.25) is 33.8 Å². The van der Waals surface area contributed by atoms with Crippen molar-refractivity contribution in [2.45, 2.75) is 129 Å². The Morgan fingerprint density at radius 2 is 1.03 bits per heavy atom. The highest BCUT2D eigenvalue weighted by Crippen LogP contribution is 2.68. The zero-order chi connectivity index (χ0) is 64.6. The Balaban J connectivity index is 0.683. The number of hydrogen-bond acceptors (Lipinski definition) is 9. The van der Waals surface area contributed by atoms with Gasteiger partial charge in [-0.2, -0.15) is 0 Å². The largest absolute Gasteiger partial charge is 0.464 e. The minimum atomic E-state index is -0.487. The van der Waals surface area contributed by atoms with E-state index in [0.29, 0.717) is 75.8 Å². The first kappa shape index (κ1) is 61.1. The molecule has 4 aliphatic carbocycles. The Morgan fingerprint density at radius 3 is 1.54 bits per heavy atom. The van der Waals surface area contributed by atoms with Crippen molar-refractivity contribution in [1.29, 1.82) is 0 Å². The second-order valence-electron chi connectivity index (χ2n) is 27.6. The van der Waals surface area contributed by atoms with Gasteiger partial charge in [0.15, 0.2) is 0 Å². The summed E-state index contributed by atoms with van der Waals surface area (Å²) in [5.74, 6) is -1.56. The van der Waals surface area contributed by atoms with Gasteiger partial charge in [0.05, 0.1) is 6.54 Å². The van der Waals surface area contributed by atoms with E-state index in [4.69, 9.17) is 4.74 Å². The molecule has 0 radical (unpaired) electrons. The monoisotopic (exact) mass is 1250 g/mol. The molecule has 6 aliphatic rings. The Hall–Kier alpha value is -9.38. The van der Waals surface area contributed by atoms with Crippen molar-refractivity contribution in [3.05, 3.63) is 162 Å². The zero-order valence-corrected chi connectivity index (χ0v) is 53.3. The van der Waals surface area contributed by atoms with Crippen molar-refractivity contribution in [1.82, 2.24) is 25.8 Å². The molecule has 4 fully saturated rings. The standard InChI is InChI=1S/C76H80N8O9/c1-6-48(7-2)84-70(88)55-30-26-51-49-24-28-53-65-54(29-25-50(63(49)65)52-27-31-56(71(84)89)66(55)64(51)52)69(87)83(68(53)86)37-38-93-62(85)34-23-42(3)57-32-33-58-67-59(41-61(76(57,58)5)82-74(92)79-46-21-15-10-16-22-46)75(4)36-35-47(80-72(90)77-44-17-11-8-12-18-44)39-43(75)40-60(67)81-73(91)78-45-19-13-9-14-20-45/h8-22,24-31,42-43,47-48,57-61,67H,6-7,23,32-41H2,1-5H3,(H2,77,80,90)(H2,78,81,91)(H2,79,82,92)/t42-,43+,47-,57-,58+,59+,60-,61+,67+,75+,76-/m1/s1. The number of urea groups is 3. The Labute approximate surface area is 540 Å². The number of carbonyl (C=O) groups is 8. The van der Waals surface area contributed by atoms with Gasteiger partial charge in [-0.25, -0.2) is 14.4 Å². The number of anilines is 3. The van der Waals surface area contributed by atoms with E-state index in [1.54, 1.807) is 24.3 Å². The van der Waals surface area contributed by atoms with Gasteiger partial charge in [0.2, 0.25) is 0 Å². The molecule has 4 saturated carbocycles. The molecule has 0 saturated heterocycles. The third-order valence-corrected chi connectivity index (χ3v) is 23.1. The van der Waals surface area contributed by atoms with Crippen LogP contribution in [0.3, 0.4) is 0 Å². The maximum absolute atomic E-state index is 14.5. The summed E-state index contributed by atoms with van der Waals surface area (Å²) in [5, 5.41) is 25.5. The van der Waals surface area contributed by atoms with E-state index in [0.717, 1.165) is 75.7 Å². The van der Waals surface area contributed by atoms with Crippen LogP contribution < -0.4 is 31.9 Å². The molecule has 11 atom stereocenters. The van der Waals surface area contributed by atoms with E-state index in [9.17, 15) is 38.4 Å². The topological polar surface area (TPSA) is 224 Å². The molecule has 14 rings (SSSR count). The second-order valence-corrected chi connectivity index (χ2v) is 27.6. The summed E-state index contributed by atoms with van der Waals surface area (Å²) in [6.07, 6.45) is 7.41. The summed E-state index contributed by atoms with van der Waals surface area (Å²) in [7, 11) is 0. The maximum Gasteiger partial charge on any atom is 0.319 e. The number of imide groups is 2. The van der Waals surface area contributed by atoms with Gasteiger partial charge >= 0.3 is 24.1 Å². The van der Waals surface area contributed by atoms with Crippen molar-refractivity contribution < 1.29 is 43.1 Å². The van der Waals surface area contributed by atoms with Crippen molar-refractivity contribution in [3.63, 3.8) is 0 Å². The molecular weight excluding hydrogens is 1170 g/mol. The number of nitrogens with zero attached hydrogens (tertiary/aromatic N) is 2. The summed E-state index contributed by atoms with van der Waals surface area (Å²) in [6, 6.07) is 41.4. The molecule has 17 heteroatoms. The SMILES string of the molecule is CCC(CC)N1C(=O)c2ccc3c4ccc5c6c(ccc(c7ccc(c2c37)C1=O)c64)C(=O)N(CCOC(=O)CC[C@@H](C)[C@H]1CC[C@H]2[C@@H]3[C@H](NC(=O)Nc4ccccc4)C[C@@H]4C[C@H](NC(=O)Nc6ccccc6)CC[C@]4(C)[C@H]3C[C@H](NC(=O)Nc3ccccc3)[C@]12C)C5=O. The third-order valence-electron chi connectivity index (χ3n) is 23.1. The quantitative estimate of drug-likeness (QED) is 0.0234. The Kier molecular flexibility index (Phi) is 16.0. The fourth-order valence-electron chi connectivity index (χ4n) is 18.7. The van der Waals surface area contributed by atoms with Gasteiger partial charge in [-0.05, 0) is 204 Å². The highest BCUT2D eigenvalue weighted by atomic mass is 16.5. The molecule has 0 unspecified atom stereocenters. The first-order valence-electron chi connectivity index (χ1n) is 33.5. The molecule has 478 valence electrons. The lowest BCUT2D eigenvalue weighted by Crippen LogP contribution is -2.68. The van der Waals surface area contributed by atoms with E-state index in [2.05, 4.69) is 52.7 Å². The van der Waals surface area contributed by atoms with Gasteiger partial charge in [0.1, 0.15) is 6.61 Å². The average molecular weight is 1250 g/mol. The summed E-state index contributed by atoms with van der Waals surface area (Å²) in [5.41, 5.74) is 3.13. The highest BCUT2D eigenvalue weighted by molar-refractivity contribution is 6.41. The predicted octanol–water partition coefficient (Wildman–Crippen LogP) is 14.5. The number of amides is 10. The molecule has 0 bridgehead atoms. The second kappa shape index (κ2) is 24.3. The maximum atomic E-state index is 14.5. The minimum Gasteiger partial charge on any atom is -0.464 e. The van der Waals surface area contributed by atoms with Gasteiger partial charge in [0, 0.05) is 80.7 Å². The first-order valence-corrected chi connectivity index (χ1v) is 33.5. The third kappa shape index (κ3) is 10.5. The van der Waals surface area contributed by atoms with Crippen LogP contribution in [-0.2, 0) is 9.53 Å². The molecule has 8 aromatic carbocycles. The van der Waals surface area contributed by atoms with Crippen LogP contribution in [0.5, 0.6) is 0 Å². The molecule has 0 spiro atoms. The number of hydrogen-bond donors (Lipinski definition) is 6. The summed E-state index contributed by atoms with van der Waals surface area (Å²) in [4.78, 5) is 116.